The zero-order chi connectivity index (χ0) is 15.2. The number of benzene rings is 2. The smallest absolute Gasteiger partial charge is 0.0595 e. The maximum absolute atomic E-state index is 6.04. The zero-order valence-corrected chi connectivity index (χ0v) is 14.1. The number of thioether (sulfide) groups is 1. The van der Waals surface area contributed by atoms with E-state index >= 15 is 0 Å². The molecular formula is C16H18Cl2N2S. The molecule has 0 heterocycles. The van der Waals surface area contributed by atoms with Crippen molar-refractivity contribution in [3.63, 3.8) is 0 Å². The molecule has 0 saturated heterocycles. The number of nitrogens with one attached hydrogen (secondary N) is 1. The number of hydrazine groups is 1. The summed E-state index contributed by atoms with van der Waals surface area (Å²) in [6, 6.07) is 14.3. The van der Waals surface area contributed by atoms with Gasteiger partial charge in [-0.25, -0.2) is 0 Å². The second-order valence-corrected chi connectivity index (χ2v) is 6.85. The van der Waals surface area contributed by atoms with Gasteiger partial charge in [-0.1, -0.05) is 47.0 Å². The molecule has 2 nitrogen and oxygen atoms in total. The van der Waals surface area contributed by atoms with E-state index < -0.39 is 0 Å². The highest BCUT2D eigenvalue weighted by Crippen LogP contribution is 2.24. The van der Waals surface area contributed by atoms with E-state index in [9.17, 15) is 0 Å². The molecule has 2 aromatic rings. The van der Waals surface area contributed by atoms with Crippen molar-refractivity contribution in [2.75, 3.05) is 5.75 Å². The maximum Gasteiger partial charge on any atom is 0.0595 e. The molecule has 0 fully saturated rings. The van der Waals surface area contributed by atoms with Crippen LogP contribution in [0.15, 0.2) is 47.4 Å². The van der Waals surface area contributed by atoms with Crippen LogP contribution in [0.2, 0.25) is 10.0 Å². The summed E-state index contributed by atoms with van der Waals surface area (Å²) >= 11 is 13.8. The number of halogens is 2. The molecule has 0 aromatic heterocycles. The van der Waals surface area contributed by atoms with Crippen LogP contribution in [0.1, 0.15) is 11.1 Å². The second-order valence-electron chi connectivity index (χ2n) is 4.94. The lowest BCUT2D eigenvalue weighted by molar-refractivity contribution is 0.575. The predicted molar refractivity (Wildman–Crippen MR) is 93.2 cm³/mol. The molecule has 3 N–H and O–H groups in total. The zero-order valence-electron chi connectivity index (χ0n) is 11.8. The van der Waals surface area contributed by atoms with Crippen LogP contribution in [-0.2, 0) is 6.42 Å². The van der Waals surface area contributed by atoms with E-state index in [1.807, 2.05) is 18.2 Å². The van der Waals surface area contributed by atoms with Gasteiger partial charge in [-0.05, 0) is 43.2 Å². The lowest BCUT2D eigenvalue weighted by Gasteiger charge is -2.16. The highest BCUT2D eigenvalue weighted by Gasteiger charge is 2.10. The number of aryl methyl sites for hydroxylation is 1. The number of nitrogens with two attached hydrogens (primary N) is 1. The van der Waals surface area contributed by atoms with Crippen LogP contribution in [0.4, 0.5) is 0 Å². The molecule has 1 atom stereocenters. The lowest BCUT2D eigenvalue weighted by atomic mass is 10.1. The third-order valence-electron chi connectivity index (χ3n) is 3.14. The largest absolute Gasteiger partial charge is 0.271 e. The summed E-state index contributed by atoms with van der Waals surface area (Å²) in [5.41, 5.74) is 5.26. The molecule has 0 aliphatic carbocycles. The van der Waals surface area contributed by atoms with Crippen LogP contribution in [-0.4, -0.2) is 11.8 Å². The number of rotatable bonds is 6. The Hall–Kier alpha value is -0.710. The van der Waals surface area contributed by atoms with E-state index in [2.05, 4.69) is 36.6 Å². The van der Waals surface area contributed by atoms with E-state index in [1.54, 1.807) is 11.8 Å². The van der Waals surface area contributed by atoms with Crippen LogP contribution in [0, 0.1) is 6.92 Å². The first-order valence-electron chi connectivity index (χ1n) is 6.68. The van der Waals surface area contributed by atoms with Gasteiger partial charge >= 0.3 is 0 Å². The van der Waals surface area contributed by atoms with Crippen molar-refractivity contribution in [2.45, 2.75) is 24.3 Å². The van der Waals surface area contributed by atoms with Crippen molar-refractivity contribution < 1.29 is 0 Å². The van der Waals surface area contributed by atoms with Gasteiger partial charge in [-0.3, -0.25) is 11.3 Å². The molecule has 0 aliphatic rings. The molecule has 0 saturated carbocycles. The van der Waals surface area contributed by atoms with Crippen LogP contribution in [0.25, 0.3) is 0 Å². The Morgan fingerprint density at radius 2 is 1.95 bits per heavy atom. The molecule has 0 amide bonds. The molecule has 0 bridgehead atoms. The Morgan fingerprint density at radius 1 is 1.14 bits per heavy atom. The summed E-state index contributed by atoms with van der Waals surface area (Å²) in [5, 5.41) is 1.16. The predicted octanol–water partition coefficient (Wildman–Crippen LogP) is 4.47. The fourth-order valence-corrected chi connectivity index (χ4v) is 3.39. The van der Waals surface area contributed by atoms with E-state index in [0.717, 1.165) is 17.7 Å². The van der Waals surface area contributed by atoms with Crippen molar-refractivity contribution in [3.8, 4) is 0 Å². The highest BCUT2D eigenvalue weighted by molar-refractivity contribution is 7.99. The van der Waals surface area contributed by atoms with Gasteiger partial charge in [0.2, 0.25) is 0 Å². The van der Waals surface area contributed by atoms with E-state index in [-0.39, 0.29) is 6.04 Å². The van der Waals surface area contributed by atoms with E-state index in [1.165, 1.54) is 10.5 Å². The average Bonchev–Trinajstić information content (AvgIpc) is 2.47. The third kappa shape index (κ3) is 5.20. The Morgan fingerprint density at radius 3 is 2.62 bits per heavy atom. The maximum atomic E-state index is 6.04. The molecule has 112 valence electrons. The Kier molecular flexibility index (Phi) is 6.40. The van der Waals surface area contributed by atoms with E-state index in [4.69, 9.17) is 29.0 Å². The second kappa shape index (κ2) is 8.06. The standard InChI is InChI=1S/C16H18Cl2N2S/c1-11-3-2-4-14(7-11)21-10-13(20-19)8-12-5-6-15(17)16(18)9-12/h2-7,9,13,20H,8,10,19H2,1H3. The molecule has 0 spiro atoms. The molecule has 0 aliphatic heterocycles. The van der Waals surface area contributed by atoms with Gasteiger partial charge in [-0.15, -0.1) is 11.8 Å². The Balaban J connectivity index is 1.95. The first-order chi connectivity index (χ1) is 10.1. The molecular weight excluding hydrogens is 323 g/mol. The van der Waals surface area contributed by atoms with Gasteiger partial charge in [0, 0.05) is 16.7 Å². The summed E-state index contributed by atoms with van der Waals surface area (Å²) in [5.74, 6) is 6.55. The third-order valence-corrected chi connectivity index (χ3v) is 5.04. The molecule has 5 heteroatoms. The SMILES string of the molecule is Cc1cccc(SCC(Cc2ccc(Cl)c(Cl)c2)NN)c1. The summed E-state index contributed by atoms with van der Waals surface area (Å²) < 4.78 is 0. The number of hydrogen-bond donors (Lipinski definition) is 2. The van der Waals surface area contributed by atoms with Gasteiger partial charge in [0.25, 0.3) is 0 Å². The fourth-order valence-electron chi connectivity index (χ4n) is 2.02. The average molecular weight is 341 g/mol. The van der Waals surface area contributed by atoms with Crippen LogP contribution < -0.4 is 11.3 Å². The minimum absolute atomic E-state index is 0.174. The van der Waals surface area contributed by atoms with Gasteiger partial charge in [0.15, 0.2) is 0 Å². The topological polar surface area (TPSA) is 38.0 Å². The lowest BCUT2D eigenvalue weighted by Crippen LogP contribution is -2.38. The summed E-state index contributed by atoms with van der Waals surface area (Å²) in [6.07, 6.45) is 0.812. The van der Waals surface area contributed by atoms with Crippen molar-refractivity contribution in [1.29, 1.82) is 0 Å². The summed E-state index contributed by atoms with van der Waals surface area (Å²) in [7, 11) is 0. The van der Waals surface area contributed by atoms with Gasteiger partial charge < -0.3 is 0 Å². The normalized spacial score (nSPS) is 12.4. The summed E-state index contributed by atoms with van der Waals surface area (Å²) in [6.45, 7) is 2.10. The minimum Gasteiger partial charge on any atom is -0.271 e. The van der Waals surface area contributed by atoms with Crippen molar-refractivity contribution >= 4 is 35.0 Å². The quantitative estimate of drug-likeness (QED) is 0.463. The van der Waals surface area contributed by atoms with Crippen LogP contribution in [0.3, 0.4) is 0 Å². The first kappa shape index (κ1) is 16.7. The molecule has 2 rings (SSSR count). The van der Waals surface area contributed by atoms with Crippen LogP contribution >= 0.6 is 35.0 Å². The van der Waals surface area contributed by atoms with Crippen molar-refractivity contribution in [1.82, 2.24) is 5.43 Å². The van der Waals surface area contributed by atoms with Crippen LogP contribution in [0.5, 0.6) is 0 Å². The molecule has 21 heavy (non-hydrogen) atoms. The molecule has 1 unspecified atom stereocenters. The molecule has 0 radical (unpaired) electrons. The number of hydrogen-bond acceptors (Lipinski definition) is 3. The Labute approximate surface area is 140 Å². The van der Waals surface area contributed by atoms with Crippen molar-refractivity contribution in [2.24, 2.45) is 5.84 Å². The fraction of sp³-hybridized carbons (Fsp3) is 0.250. The monoisotopic (exact) mass is 340 g/mol. The molecule has 2 aromatic carbocycles. The minimum atomic E-state index is 0.174. The summed E-state index contributed by atoms with van der Waals surface area (Å²) in [4.78, 5) is 1.25. The Bertz CT molecular complexity index is 605. The van der Waals surface area contributed by atoms with Gasteiger partial charge in [0.1, 0.15) is 0 Å². The van der Waals surface area contributed by atoms with Gasteiger partial charge in [-0.2, -0.15) is 0 Å². The first-order valence-corrected chi connectivity index (χ1v) is 8.42. The highest BCUT2D eigenvalue weighted by atomic mass is 35.5. The van der Waals surface area contributed by atoms with E-state index in [0.29, 0.717) is 10.0 Å². The van der Waals surface area contributed by atoms with Gasteiger partial charge in [0.05, 0.1) is 10.0 Å². The van der Waals surface area contributed by atoms with Crippen molar-refractivity contribution in [3.05, 3.63) is 63.6 Å².